The first kappa shape index (κ1) is 24.4. The molecule has 0 spiro atoms. The maximum Gasteiger partial charge on any atom is 0.243 e. The Hall–Kier alpha value is -0.610. The van der Waals surface area contributed by atoms with Crippen molar-refractivity contribution in [2.24, 2.45) is 10.9 Å². The highest BCUT2D eigenvalue weighted by Crippen LogP contribution is 2.19. The van der Waals surface area contributed by atoms with Gasteiger partial charge in [-0.3, -0.25) is 9.69 Å². The summed E-state index contributed by atoms with van der Waals surface area (Å²) in [6.07, 6.45) is 4.98. The van der Waals surface area contributed by atoms with Crippen molar-refractivity contribution in [2.75, 3.05) is 60.0 Å². The van der Waals surface area contributed by atoms with E-state index in [9.17, 15) is 4.79 Å². The second-order valence-corrected chi connectivity index (χ2v) is 8.28. The third-order valence-corrected chi connectivity index (χ3v) is 5.35. The van der Waals surface area contributed by atoms with Gasteiger partial charge in [0.1, 0.15) is 6.54 Å². The Kier molecular flexibility index (Phi) is 10.9. The number of rotatable bonds is 7. The van der Waals surface area contributed by atoms with Gasteiger partial charge in [-0.2, -0.15) is 0 Å². The standard InChI is InChI=1S/C19H37N5O2.HI/c1-19(2,24-9-6-5-7-10-24)15-22-18(21-13-17(25)23(3)4)20-12-16-8-11-26-14-16;/h16H,5-15H2,1-4H3,(H2,20,21,22);1H. The van der Waals surface area contributed by atoms with E-state index in [0.717, 1.165) is 51.8 Å². The summed E-state index contributed by atoms with van der Waals surface area (Å²) in [5.41, 5.74) is 0.0604. The van der Waals surface area contributed by atoms with E-state index < -0.39 is 0 Å². The molecule has 1 unspecified atom stereocenters. The van der Waals surface area contributed by atoms with Crippen LogP contribution in [0.25, 0.3) is 0 Å². The van der Waals surface area contributed by atoms with Crippen LogP contribution in [0.3, 0.4) is 0 Å². The van der Waals surface area contributed by atoms with Crippen molar-refractivity contribution in [1.29, 1.82) is 0 Å². The fourth-order valence-corrected chi connectivity index (χ4v) is 3.36. The SMILES string of the molecule is CN(C)C(=O)CN=C(NCC1CCOC1)NCC(C)(C)N1CCCCC1.I. The van der Waals surface area contributed by atoms with E-state index in [1.54, 1.807) is 19.0 Å². The number of nitrogens with zero attached hydrogens (tertiary/aromatic N) is 3. The first-order chi connectivity index (χ1) is 12.4. The smallest absolute Gasteiger partial charge is 0.243 e. The fourth-order valence-electron chi connectivity index (χ4n) is 3.36. The maximum absolute atomic E-state index is 11.9. The molecular formula is C19H38IN5O2. The van der Waals surface area contributed by atoms with Crippen molar-refractivity contribution in [2.45, 2.75) is 45.1 Å². The molecule has 27 heavy (non-hydrogen) atoms. The minimum atomic E-state index is 0. The van der Waals surface area contributed by atoms with Crippen LogP contribution >= 0.6 is 24.0 Å². The molecule has 0 saturated carbocycles. The van der Waals surface area contributed by atoms with Gasteiger partial charge in [-0.15, -0.1) is 24.0 Å². The fraction of sp³-hybridized carbons (Fsp3) is 0.895. The molecule has 1 amide bonds. The third-order valence-electron chi connectivity index (χ3n) is 5.35. The van der Waals surface area contributed by atoms with Crippen LogP contribution in [0, 0.1) is 5.92 Å². The quantitative estimate of drug-likeness (QED) is 0.319. The Morgan fingerprint density at radius 2 is 1.93 bits per heavy atom. The molecule has 2 aliphatic rings. The van der Waals surface area contributed by atoms with E-state index in [0.29, 0.717) is 5.92 Å². The molecule has 1 atom stereocenters. The van der Waals surface area contributed by atoms with E-state index in [4.69, 9.17) is 4.74 Å². The van der Waals surface area contributed by atoms with Crippen molar-refractivity contribution < 1.29 is 9.53 Å². The van der Waals surface area contributed by atoms with Gasteiger partial charge in [0.15, 0.2) is 5.96 Å². The number of piperidine rings is 1. The molecule has 158 valence electrons. The van der Waals surface area contributed by atoms with Gasteiger partial charge < -0.3 is 20.3 Å². The van der Waals surface area contributed by atoms with Crippen LogP contribution < -0.4 is 10.6 Å². The Morgan fingerprint density at radius 3 is 2.52 bits per heavy atom. The van der Waals surface area contributed by atoms with E-state index >= 15 is 0 Å². The van der Waals surface area contributed by atoms with Gasteiger partial charge in [0.25, 0.3) is 0 Å². The van der Waals surface area contributed by atoms with Gasteiger partial charge in [0.05, 0.1) is 6.61 Å². The van der Waals surface area contributed by atoms with E-state index in [1.807, 2.05) is 0 Å². The summed E-state index contributed by atoms with van der Waals surface area (Å²) in [4.78, 5) is 20.5. The normalized spacial score (nSPS) is 21.5. The number of hydrogen-bond donors (Lipinski definition) is 2. The Bertz CT molecular complexity index is 473. The van der Waals surface area contributed by atoms with E-state index in [-0.39, 0.29) is 42.0 Å². The van der Waals surface area contributed by atoms with Crippen LogP contribution in [-0.4, -0.2) is 87.2 Å². The van der Waals surface area contributed by atoms with Gasteiger partial charge in [0, 0.05) is 45.2 Å². The maximum atomic E-state index is 11.9. The lowest BCUT2D eigenvalue weighted by Gasteiger charge is -2.41. The molecule has 0 aliphatic carbocycles. The summed E-state index contributed by atoms with van der Waals surface area (Å²) in [5, 5.41) is 6.86. The lowest BCUT2D eigenvalue weighted by Crippen LogP contribution is -2.55. The second kappa shape index (κ2) is 12.1. The first-order valence-electron chi connectivity index (χ1n) is 9.93. The third kappa shape index (κ3) is 8.51. The topological polar surface area (TPSA) is 69.2 Å². The molecule has 2 heterocycles. The van der Waals surface area contributed by atoms with Crippen molar-refractivity contribution >= 4 is 35.8 Å². The van der Waals surface area contributed by atoms with Gasteiger partial charge in [0.2, 0.25) is 5.91 Å². The Morgan fingerprint density at radius 1 is 1.22 bits per heavy atom. The molecule has 2 fully saturated rings. The predicted molar refractivity (Wildman–Crippen MR) is 121 cm³/mol. The summed E-state index contributed by atoms with van der Waals surface area (Å²) in [6.45, 7) is 10.3. The molecule has 0 aromatic carbocycles. The number of likely N-dealkylation sites (N-methyl/N-ethyl adjacent to an activating group) is 1. The molecule has 2 rings (SSSR count). The van der Waals surface area contributed by atoms with Crippen molar-refractivity contribution in [1.82, 2.24) is 20.4 Å². The number of hydrogen-bond acceptors (Lipinski definition) is 4. The largest absolute Gasteiger partial charge is 0.381 e. The molecular weight excluding hydrogens is 457 g/mol. The number of halogens is 1. The number of amides is 1. The molecule has 0 bridgehead atoms. The Labute approximate surface area is 181 Å². The number of aliphatic imine (C=N–C) groups is 1. The van der Waals surface area contributed by atoms with Crippen molar-refractivity contribution in [3.05, 3.63) is 0 Å². The molecule has 2 N–H and O–H groups in total. The summed E-state index contributed by atoms with van der Waals surface area (Å²) in [7, 11) is 3.52. The molecule has 0 aromatic heterocycles. The molecule has 2 saturated heterocycles. The molecule has 0 radical (unpaired) electrons. The van der Waals surface area contributed by atoms with Gasteiger partial charge in [-0.05, 0) is 46.2 Å². The van der Waals surface area contributed by atoms with Gasteiger partial charge in [-0.25, -0.2) is 4.99 Å². The molecule has 7 nitrogen and oxygen atoms in total. The average molecular weight is 495 g/mol. The number of ether oxygens (including phenoxy) is 1. The van der Waals surface area contributed by atoms with Crippen LogP contribution in [0.5, 0.6) is 0 Å². The van der Waals surface area contributed by atoms with Crippen LogP contribution in [0.4, 0.5) is 0 Å². The lowest BCUT2D eigenvalue weighted by atomic mass is 9.98. The first-order valence-corrected chi connectivity index (χ1v) is 9.93. The number of carbonyl (C=O) groups excluding carboxylic acids is 1. The van der Waals surface area contributed by atoms with Crippen LogP contribution in [0.1, 0.15) is 39.5 Å². The summed E-state index contributed by atoms with van der Waals surface area (Å²) in [5.74, 6) is 1.24. The summed E-state index contributed by atoms with van der Waals surface area (Å²) in [6, 6.07) is 0. The second-order valence-electron chi connectivity index (χ2n) is 8.28. The highest BCUT2D eigenvalue weighted by Gasteiger charge is 2.28. The molecule has 0 aromatic rings. The monoisotopic (exact) mass is 495 g/mol. The average Bonchev–Trinajstić information content (AvgIpc) is 3.15. The minimum Gasteiger partial charge on any atom is -0.381 e. The zero-order chi connectivity index (χ0) is 19.0. The number of carbonyl (C=O) groups is 1. The number of likely N-dealkylation sites (tertiary alicyclic amines) is 1. The van der Waals surface area contributed by atoms with E-state index in [1.165, 1.54) is 19.3 Å². The van der Waals surface area contributed by atoms with Crippen molar-refractivity contribution in [3.63, 3.8) is 0 Å². The van der Waals surface area contributed by atoms with E-state index in [2.05, 4.69) is 34.4 Å². The van der Waals surface area contributed by atoms with Gasteiger partial charge >= 0.3 is 0 Å². The number of nitrogens with one attached hydrogen (secondary N) is 2. The zero-order valence-electron chi connectivity index (χ0n) is 17.4. The summed E-state index contributed by atoms with van der Waals surface area (Å²) < 4.78 is 5.44. The lowest BCUT2D eigenvalue weighted by molar-refractivity contribution is -0.127. The zero-order valence-corrected chi connectivity index (χ0v) is 19.8. The molecule has 8 heteroatoms. The minimum absolute atomic E-state index is 0. The van der Waals surface area contributed by atoms with Crippen LogP contribution in [0.2, 0.25) is 0 Å². The Balaban J connectivity index is 0.00000364. The highest BCUT2D eigenvalue weighted by molar-refractivity contribution is 14.0. The van der Waals surface area contributed by atoms with Crippen LogP contribution in [-0.2, 0) is 9.53 Å². The van der Waals surface area contributed by atoms with Crippen LogP contribution in [0.15, 0.2) is 4.99 Å². The van der Waals surface area contributed by atoms with Gasteiger partial charge in [-0.1, -0.05) is 6.42 Å². The number of guanidine groups is 1. The molecule has 2 aliphatic heterocycles. The van der Waals surface area contributed by atoms with Crippen molar-refractivity contribution in [3.8, 4) is 0 Å². The predicted octanol–water partition coefficient (Wildman–Crippen LogP) is 1.53. The summed E-state index contributed by atoms with van der Waals surface area (Å²) >= 11 is 0. The highest BCUT2D eigenvalue weighted by atomic mass is 127.